The van der Waals surface area contributed by atoms with Crippen molar-refractivity contribution in [3.05, 3.63) is 27.6 Å². The van der Waals surface area contributed by atoms with Gasteiger partial charge in [0.2, 0.25) is 0 Å². The Bertz CT molecular complexity index is 556. The predicted octanol–water partition coefficient (Wildman–Crippen LogP) is 4.56. The largest absolute Gasteiger partial charge is 0.309 e. The van der Waals surface area contributed by atoms with E-state index in [9.17, 15) is 0 Å². The summed E-state index contributed by atoms with van der Waals surface area (Å²) in [7, 11) is 0. The van der Waals surface area contributed by atoms with Gasteiger partial charge in [-0.3, -0.25) is 0 Å². The molecule has 1 aliphatic rings. The van der Waals surface area contributed by atoms with Crippen LogP contribution in [0, 0.1) is 6.92 Å². The lowest BCUT2D eigenvalue weighted by Gasteiger charge is -2.22. The van der Waals surface area contributed by atoms with E-state index in [1.54, 1.807) is 0 Å². The molecule has 0 aliphatic heterocycles. The molecule has 2 aromatic rings. The summed E-state index contributed by atoms with van der Waals surface area (Å²) in [5.41, 5.74) is 1.32. The van der Waals surface area contributed by atoms with Gasteiger partial charge < -0.3 is 5.32 Å². The highest BCUT2D eigenvalue weighted by Gasteiger charge is 2.24. The molecule has 2 heterocycles. The molecule has 0 saturated carbocycles. The third-order valence-corrected chi connectivity index (χ3v) is 5.85. The van der Waals surface area contributed by atoms with Crippen molar-refractivity contribution in [2.75, 3.05) is 6.54 Å². The van der Waals surface area contributed by atoms with Gasteiger partial charge >= 0.3 is 0 Å². The molecule has 1 aliphatic carbocycles. The lowest BCUT2D eigenvalue weighted by Crippen LogP contribution is -2.25. The lowest BCUT2D eigenvalue weighted by molar-refractivity contribution is 0.454. The first-order chi connectivity index (χ1) is 9.28. The third-order valence-electron chi connectivity index (χ3n) is 3.55. The van der Waals surface area contributed by atoms with Crippen molar-refractivity contribution in [3.8, 4) is 9.88 Å². The van der Waals surface area contributed by atoms with E-state index in [0.717, 1.165) is 6.54 Å². The second-order valence-corrected chi connectivity index (χ2v) is 7.51. The van der Waals surface area contributed by atoms with Crippen molar-refractivity contribution in [1.82, 2.24) is 10.3 Å². The number of hydrogen-bond donors (Lipinski definition) is 1. The molecule has 1 unspecified atom stereocenters. The number of aromatic nitrogens is 1. The van der Waals surface area contributed by atoms with Gasteiger partial charge in [0.05, 0.1) is 16.6 Å². The van der Waals surface area contributed by atoms with Crippen molar-refractivity contribution in [3.63, 3.8) is 0 Å². The van der Waals surface area contributed by atoms with Crippen LogP contribution >= 0.6 is 22.7 Å². The molecule has 1 N–H and O–H groups in total. The number of aryl methyl sites for hydroxylation is 2. The van der Waals surface area contributed by atoms with E-state index >= 15 is 0 Å². The molecule has 19 heavy (non-hydrogen) atoms. The van der Waals surface area contributed by atoms with Crippen LogP contribution in [-0.4, -0.2) is 11.5 Å². The zero-order chi connectivity index (χ0) is 13.2. The van der Waals surface area contributed by atoms with E-state index in [0.29, 0.717) is 6.04 Å². The summed E-state index contributed by atoms with van der Waals surface area (Å²) < 4.78 is 0. The van der Waals surface area contributed by atoms with E-state index in [2.05, 4.69) is 31.3 Å². The van der Waals surface area contributed by atoms with E-state index in [1.165, 1.54) is 51.0 Å². The van der Waals surface area contributed by atoms with Gasteiger partial charge in [-0.25, -0.2) is 4.98 Å². The van der Waals surface area contributed by atoms with E-state index in [4.69, 9.17) is 4.98 Å². The lowest BCUT2D eigenvalue weighted by atomic mass is 9.97. The van der Waals surface area contributed by atoms with Crippen LogP contribution in [0.15, 0.2) is 12.1 Å². The second-order valence-electron chi connectivity index (χ2n) is 5.14. The Hall–Kier alpha value is -0.710. The molecule has 2 aromatic heterocycles. The maximum atomic E-state index is 4.94. The normalized spacial score (nSPS) is 18.5. The number of thiophene rings is 1. The van der Waals surface area contributed by atoms with Crippen LogP contribution in [0.1, 0.15) is 47.7 Å². The van der Waals surface area contributed by atoms with Crippen LogP contribution < -0.4 is 5.32 Å². The standard InChI is InChI=1S/C15H20N2S2/c1-3-9-16-11-5-4-6-12-14(11)17-15(19-12)13-8-7-10(2)18-13/h7-8,11,16H,3-6,9H2,1-2H3. The van der Waals surface area contributed by atoms with Crippen LogP contribution in [0.4, 0.5) is 0 Å². The van der Waals surface area contributed by atoms with Gasteiger partial charge in [0.1, 0.15) is 5.01 Å². The van der Waals surface area contributed by atoms with Crippen LogP contribution in [-0.2, 0) is 6.42 Å². The predicted molar refractivity (Wildman–Crippen MR) is 84.1 cm³/mol. The highest BCUT2D eigenvalue weighted by Crippen LogP contribution is 2.39. The molecule has 0 saturated heterocycles. The first-order valence-electron chi connectivity index (χ1n) is 7.07. The first-order valence-corrected chi connectivity index (χ1v) is 8.71. The van der Waals surface area contributed by atoms with Crippen molar-refractivity contribution in [2.24, 2.45) is 0 Å². The fourth-order valence-electron chi connectivity index (χ4n) is 2.59. The van der Waals surface area contributed by atoms with Gasteiger partial charge in [-0.15, -0.1) is 22.7 Å². The Balaban J connectivity index is 1.88. The van der Waals surface area contributed by atoms with Crippen LogP contribution in [0.3, 0.4) is 0 Å². The fourth-order valence-corrected chi connectivity index (χ4v) is 4.68. The van der Waals surface area contributed by atoms with Gasteiger partial charge in [-0.1, -0.05) is 6.92 Å². The minimum atomic E-state index is 0.481. The highest BCUT2D eigenvalue weighted by molar-refractivity contribution is 7.21. The number of thiazole rings is 1. The minimum Gasteiger partial charge on any atom is -0.309 e. The molecule has 2 nitrogen and oxygen atoms in total. The van der Waals surface area contributed by atoms with Crippen molar-refractivity contribution in [2.45, 2.75) is 45.6 Å². The summed E-state index contributed by atoms with van der Waals surface area (Å²) >= 11 is 3.75. The number of nitrogens with one attached hydrogen (secondary N) is 1. The zero-order valence-electron chi connectivity index (χ0n) is 11.5. The molecule has 3 rings (SSSR count). The Morgan fingerprint density at radius 1 is 1.37 bits per heavy atom. The van der Waals surface area contributed by atoms with Gasteiger partial charge in [0.15, 0.2) is 0 Å². The molecule has 0 bridgehead atoms. The van der Waals surface area contributed by atoms with Crippen molar-refractivity contribution >= 4 is 22.7 Å². The quantitative estimate of drug-likeness (QED) is 0.893. The average Bonchev–Trinajstić information content (AvgIpc) is 3.02. The molecule has 1 atom stereocenters. The minimum absolute atomic E-state index is 0.481. The van der Waals surface area contributed by atoms with Gasteiger partial charge in [-0.2, -0.15) is 0 Å². The zero-order valence-corrected chi connectivity index (χ0v) is 13.2. The van der Waals surface area contributed by atoms with Gasteiger partial charge in [-0.05, 0) is 51.3 Å². The Kier molecular flexibility index (Phi) is 4.01. The molecule has 102 valence electrons. The molecular weight excluding hydrogens is 272 g/mol. The average molecular weight is 292 g/mol. The van der Waals surface area contributed by atoms with Crippen LogP contribution in [0.5, 0.6) is 0 Å². The molecule has 0 aromatic carbocycles. The van der Waals surface area contributed by atoms with Crippen molar-refractivity contribution in [1.29, 1.82) is 0 Å². The fraction of sp³-hybridized carbons (Fsp3) is 0.533. The molecule has 0 amide bonds. The van der Waals surface area contributed by atoms with Crippen molar-refractivity contribution < 1.29 is 0 Å². The SMILES string of the molecule is CCCNC1CCCc2sc(-c3ccc(C)s3)nc21. The van der Waals surface area contributed by atoms with E-state index in [1.807, 2.05) is 22.7 Å². The molecule has 4 heteroatoms. The maximum absolute atomic E-state index is 4.94. The summed E-state index contributed by atoms with van der Waals surface area (Å²) in [6.45, 7) is 5.47. The number of fused-ring (bicyclic) bond motifs is 1. The smallest absolute Gasteiger partial charge is 0.133 e. The molecule has 0 spiro atoms. The van der Waals surface area contributed by atoms with E-state index < -0.39 is 0 Å². The highest BCUT2D eigenvalue weighted by atomic mass is 32.1. The van der Waals surface area contributed by atoms with E-state index in [-0.39, 0.29) is 0 Å². The maximum Gasteiger partial charge on any atom is 0.133 e. The summed E-state index contributed by atoms with van der Waals surface area (Å²) in [5, 5.41) is 4.86. The van der Waals surface area contributed by atoms with Crippen LogP contribution in [0.2, 0.25) is 0 Å². The molecule has 0 radical (unpaired) electrons. The summed E-state index contributed by atoms with van der Waals surface area (Å²) in [5.74, 6) is 0. The van der Waals surface area contributed by atoms with Gasteiger partial charge in [0, 0.05) is 9.75 Å². The third kappa shape index (κ3) is 2.76. The monoisotopic (exact) mass is 292 g/mol. The Labute approximate surface area is 122 Å². The Morgan fingerprint density at radius 3 is 3.00 bits per heavy atom. The van der Waals surface area contributed by atoms with Crippen LogP contribution in [0.25, 0.3) is 9.88 Å². The number of nitrogens with zero attached hydrogens (tertiary/aromatic N) is 1. The summed E-state index contributed by atoms with van der Waals surface area (Å²) in [6, 6.07) is 4.88. The number of hydrogen-bond acceptors (Lipinski definition) is 4. The van der Waals surface area contributed by atoms with Gasteiger partial charge in [0.25, 0.3) is 0 Å². The summed E-state index contributed by atoms with van der Waals surface area (Å²) in [4.78, 5) is 9.13. The first kappa shape index (κ1) is 13.3. The topological polar surface area (TPSA) is 24.9 Å². The number of rotatable bonds is 4. The Morgan fingerprint density at radius 2 is 2.26 bits per heavy atom. The molecular formula is C15H20N2S2. The molecule has 0 fully saturated rings. The second kappa shape index (κ2) is 5.73. The summed E-state index contributed by atoms with van der Waals surface area (Å²) in [6.07, 6.45) is 4.92.